The number of carbonyl (C=O) groups excluding carboxylic acids is 2. The van der Waals surface area contributed by atoms with Gasteiger partial charge in [0.2, 0.25) is 0 Å². The quantitative estimate of drug-likeness (QED) is 0.0285. The molecule has 0 saturated heterocycles. The molecule has 2 N–H and O–H groups in total. The second-order valence-electron chi connectivity index (χ2n) is 12.0. The van der Waals surface area contributed by atoms with Crippen molar-refractivity contribution in [3.05, 3.63) is 30.6 Å². The topological polar surface area (TPSA) is 123 Å². The number of ketones is 1. The van der Waals surface area contributed by atoms with Crippen LogP contribution in [0.25, 0.3) is 0 Å². The number of unbranched alkanes of at least 4 members (excludes halogenated alkanes) is 15. The minimum atomic E-state index is -4.53. The van der Waals surface area contributed by atoms with Crippen molar-refractivity contribution < 1.29 is 42.5 Å². The van der Waals surface area contributed by atoms with Gasteiger partial charge in [0.1, 0.15) is 18.3 Å². The van der Waals surface area contributed by atoms with E-state index in [0.717, 1.165) is 12.8 Å². The Balaban J connectivity index is 2.33. The Kier molecular flexibility index (Phi) is 24.4. The molecule has 0 radical (unpaired) electrons. The molecule has 0 fully saturated rings. The van der Waals surface area contributed by atoms with Crippen LogP contribution in [0.5, 0.6) is 0 Å². The van der Waals surface area contributed by atoms with Crippen LogP contribution in [-0.2, 0) is 28.2 Å². The highest BCUT2D eigenvalue weighted by Gasteiger charge is 2.27. The zero-order valence-electron chi connectivity index (χ0n) is 27.5. The maximum absolute atomic E-state index is 12.3. The van der Waals surface area contributed by atoms with Crippen molar-refractivity contribution in [3.8, 4) is 0 Å². The third-order valence-electron chi connectivity index (χ3n) is 7.77. The minimum Gasteiger partial charge on any atom is -0.459 e. The normalized spacial score (nSPS) is 13.1. The number of hydrogen-bond donors (Lipinski definition) is 2. The van der Waals surface area contributed by atoms with Crippen molar-refractivity contribution in [1.82, 2.24) is 0 Å². The molecule has 0 spiro atoms. The van der Waals surface area contributed by atoms with Crippen LogP contribution in [0, 0.1) is 0 Å². The van der Waals surface area contributed by atoms with Crippen LogP contribution in [0.1, 0.15) is 148 Å². The molecule has 1 aromatic rings. The SMILES string of the molecule is CCCCCCCCCCCCCCCCCCOCC(CC(CCCOP(=O)(O)O)[n+]1ccccc1)OC(=O)CC(C)=O. The summed E-state index contributed by atoms with van der Waals surface area (Å²) in [5, 5.41) is 0. The average Bonchev–Trinajstić information content (AvgIpc) is 2.97. The van der Waals surface area contributed by atoms with Crippen LogP contribution in [0.15, 0.2) is 30.6 Å². The van der Waals surface area contributed by atoms with Gasteiger partial charge in [0.15, 0.2) is 18.4 Å². The molecule has 44 heavy (non-hydrogen) atoms. The van der Waals surface area contributed by atoms with Crippen molar-refractivity contribution in [2.75, 3.05) is 19.8 Å². The fourth-order valence-corrected chi connectivity index (χ4v) is 5.76. The predicted octanol–water partition coefficient (Wildman–Crippen LogP) is 7.96. The standard InChI is InChI=1S/C34H60NO8P/c1-3-4-5-6-7-8-9-10-11-12-13-14-15-16-17-21-26-41-30-33(43-34(37)28-31(2)36)29-32(35-24-19-18-20-25-35)23-22-27-42-44(38,39)40/h18-20,24-25,32-33H,3-17,21-23,26-30H2,1-2H3,(H-,38,39,40)/p+1. The lowest BCUT2D eigenvalue weighted by Gasteiger charge is -2.21. The zero-order valence-corrected chi connectivity index (χ0v) is 28.4. The minimum absolute atomic E-state index is 0.0846. The molecule has 0 saturated carbocycles. The Morgan fingerprint density at radius 3 is 1.77 bits per heavy atom. The Labute approximate surface area is 266 Å². The third-order valence-corrected chi connectivity index (χ3v) is 8.29. The number of carbonyl (C=O) groups is 2. The molecule has 254 valence electrons. The lowest BCUT2D eigenvalue weighted by Crippen LogP contribution is -2.42. The Bertz CT molecular complexity index is 895. The number of Topliss-reactive ketones (excluding diaryl/α,β-unsaturated/α-hetero) is 1. The number of rotatable bonds is 30. The fourth-order valence-electron chi connectivity index (χ4n) is 5.40. The van der Waals surface area contributed by atoms with E-state index in [-0.39, 0.29) is 31.5 Å². The Morgan fingerprint density at radius 1 is 0.750 bits per heavy atom. The molecule has 10 heteroatoms. The van der Waals surface area contributed by atoms with Gasteiger partial charge in [0.05, 0.1) is 13.2 Å². The highest BCUT2D eigenvalue weighted by Crippen LogP contribution is 2.36. The summed E-state index contributed by atoms with van der Waals surface area (Å²) in [4.78, 5) is 41.7. The first-order chi connectivity index (χ1) is 21.2. The molecule has 0 aliphatic heterocycles. The van der Waals surface area contributed by atoms with Gasteiger partial charge in [-0.3, -0.25) is 14.1 Å². The monoisotopic (exact) mass is 642 g/mol. The number of pyridine rings is 1. The summed E-state index contributed by atoms with van der Waals surface area (Å²) in [7, 11) is -4.53. The summed E-state index contributed by atoms with van der Waals surface area (Å²) in [5.41, 5.74) is 0. The van der Waals surface area contributed by atoms with Crippen molar-refractivity contribution in [2.24, 2.45) is 0 Å². The van der Waals surface area contributed by atoms with Gasteiger partial charge in [-0.15, -0.1) is 0 Å². The molecule has 1 aromatic heterocycles. The Morgan fingerprint density at radius 2 is 1.27 bits per heavy atom. The van der Waals surface area contributed by atoms with Crippen molar-refractivity contribution in [3.63, 3.8) is 0 Å². The number of phosphoric acid groups is 1. The molecule has 2 unspecified atom stereocenters. The molecule has 0 aliphatic rings. The van der Waals surface area contributed by atoms with E-state index in [1.54, 1.807) is 0 Å². The number of phosphoric ester groups is 1. The number of nitrogens with zero attached hydrogens (tertiary/aromatic N) is 1. The number of esters is 1. The summed E-state index contributed by atoms with van der Waals surface area (Å²) < 4.78 is 29.2. The smallest absolute Gasteiger partial charge is 0.459 e. The van der Waals surface area contributed by atoms with Crippen molar-refractivity contribution in [2.45, 2.75) is 154 Å². The first kappa shape index (κ1) is 40.4. The van der Waals surface area contributed by atoms with E-state index >= 15 is 0 Å². The lowest BCUT2D eigenvalue weighted by atomic mass is 10.0. The first-order valence-electron chi connectivity index (χ1n) is 17.1. The van der Waals surface area contributed by atoms with Gasteiger partial charge in [0, 0.05) is 31.6 Å². The van der Waals surface area contributed by atoms with E-state index in [1.807, 2.05) is 35.2 Å². The maximum atomic E-state index is 12.3. The molecular weight excluding hydrogens is 581 g/mol. The highest BCUT2D eigenvalue weighted by atomic mass is 31.2. The lowest BCUT2D eigenvalue weighted by molar-refractivity contribution is -0.725. The summed E-state index contributed by atoms with van der Waals surface area (Å²) in [5.74, 6) is -0.832. The molecule has 9 nitrogen and oxygen atoms in total. The van der Waals surface area contributed by atoms with Gasteiger partial charge in [0.25, 0.3) is 0 Å². The van der Waals surface area contributed by atoms with Crippen molar-refractivity contribution >= 4 is 19.6 Å². The summed E-state index contributed by atoms with van der Waals surface area (Å²) in [6.07, 6.45) is 25.3. The first-order valence-corrected chi connectivity index (χ1v) is 18.7. The van der Waals surface area contributed by atoms with E-state index in [1.165, 1.54) is 96.8 Å². The van der Waals surface area contributed by atoms with Gasteiger partial charge in [-0.05, 0) is 19.8 Å². The number of ether oxygens (including phenoxy) is 2. The van der Waals surface area contributed by atoms with E-state index in [2.05, 4.69) is 11.4 Å². The van der Waals surface area contributed by atoms with Crippen LogP contribution in [0.4, 0.5) is 0 Å². The zero-order chi connectivity index (χ0) is 32.3. The maximum Gasteiger partial charge on any atom is 0.469 e. The van der Waals surface area contributed by atoms with Gasteiger partial charge >= 0.3 is 13.8 Å². The molecule has 0 bridgehead atoms. The average molecular weight is 643 g/mol. The third kappa shape index (κ3) is 24.7. The molecule has 0 aliphatic carbocycles. The van der Waals surface area contributed by atoms with Crippen LogP contribution in [0.3, 0.4) is 0 Å². The number of aromatic nitrogens is 1. The van der Waals surface area contributed by atoms with Crippen molar-refractivity contribution in [1.29, 1.82) is 0 Å². The molecule has 0 amide bonds. The van der Waals surface area contributed by atoms with E-state index in [0.29, 0.717) is 25.9 Å². The van der Waals surface area contributed by atoms with E-state index in [9.17, 15) is 14.2 Å². The van der Waals surface area contributed by atoms with Gasteiger partial charge in [-0.25, -0.2) is 9.13 Å². The molecular formula is C34H61NO8P+. The molecule has 0 aromatic carbocycles. The summed E-state index contributed by atoms with van der Waals surface area (Å²) in [6, 6.07) is 5.56. The van der Waals surface area contributed by atoms with Crippen LogP contribution in [-0.4, -0.2) is 47.5 Å². The second kappa shape index (κ2) is 26.6. The fraction of sp³-hybridized carbons (Fsp3) is 0.794. The predicted molar refractivity (Wildman–Crippen MR) is 173 cm³/mol. The van der Waals surface area contributed by atoms with Crippen LogP contribution >= 0.6 is 7.82 Å². The Hall–Kier alpha value is -1.64. The second-order valence-corrected chi connectivity index (χ2v) is 13.3. The van der Waals surface area contributed by atoms with E-state index in [4.69, 9.17) is 19.3 Å². The molecule has 2 atom stereocenters. The van der Waals surface area contributed by atoms with Gasteiger partial charge in [-0.2, -0.15) is 0 Å². The number of hydrogen-bond acceptors (Lipinski definition) is 6. The highest BCUT2D eigenvalue weighted by molar-refractivity contribution is 7.46. The largest absolute Gasteiger partial charge is 0.469 e. The van der Waals surface area contributed by atoms with E-state index < -0.39 is 19.9 Å². The van der Waals surface area contributed by atoms with Crippen LogP contribution in [0.2, 0.25) is 0 Å². The van der Waals surface area contributed by atoms with Gasteiger partial charge < -0.3 is 19.3 Å². The molecule has 1 rings (SSSR count). The molecule has 1 heterocycles. The van der Waals surface area contributed by atoms with Gasteiger partial charge in [-0.1, -0.05) is 109 Å². The summed E-state index contributed by atoms with van der Waals surface area (Å²) >= 11 is 0. The summed E-state index contributed by atoms with van der Waals surface area (Å²) in [6.45, 7) is 4.35. The van der Waals surface area contributed by atoms with Crippen LogP contribution < -0.4 is 4.57 Å².